The Bertz CT molecular complexity index is 822. The van der Waals surface area contributed by atoms with Crippen LogP contribution in [0.25, 0.3) is 0 Å². The average Bonchev–Trinajstić information content (AvgIpc) is 3.07. The number of likely N-dealkylation sites (tertiary alicyclic amines) is 1. The summed E-state index contributed by atoms with van der Waals surface area (Å²) in [5.41, 5.74) is 2.10. The van der Waals surface area contributed by atoms with E-state index < -0.39 is 0 Å². The Labute approximate surface area is 158 Å². The number of nitrogens with zero attached hydrogens (tertiary/aromatic N) is 2. The summed E-state index contributed by atoms with van der Waals surface area (Å²) in [6, 6.07) is 7.61. The van der Waals surface area contributed by atoms with Crippen molar-refractivity contribution in [3.63, 3.8) is 0 Å². The highest BCUT2D eigenvalue weighted by atomic mass is 16.5. The van der Waals surface area contributed by atoms with E-state index >= 15 is 0 Å². The topological polar surface area (TPSA) is 84.7 Å². The largest absolute Gasteiger partial charge is 0.483 e. The standard InChI is InChI=1S/C20H25N3O4/c1-13-4-5-14(2)17(10-13)26-12-19(24)23-8-6-16(7-9-23)20(25)21-18-11-15(3)27-22-18/h4-5,10-11,16H,6-9,12H2,1-3H3,(H,21,22,25). The van der Waals surface area contributed by atoms with Crippen LogP contribution >= 0.6 is 0 Å². The van der Waals surface area contributed by atoms with Gasteiger partial charge >= 0.3 is 0 Å². The van der Waals surface area contributed by atoms with Crippen LogP contribution in [0.15, 0.2) is 28.8 Å². The van der Waals surface area contributed by atoms with Crippen molar-refractivity contribution in [1.82, 2.24) is 10.1 Å². The summed E-state index contributed by atoms with van der Waals surface area (Å²) in [7, 11) is 0. The van der Waals surface area contributed by atoms with Crippen LogP contribution in [0.1, 0.15) is 29.7 Å². The molecule has 0 radical (unpaired) electrons. The number of nitrogens with one attached hydrogen (secondary N) is 1. The van der Waals surface area contributed by atoms with Crippen molar-refractivity contribution < 1.29 is 18.8 Å². The highest BCUT2D eigenvalue weighted by molar-refractivity contribution is 5.91. The maximum Gasteiger partial charge on any atom is 0.260 e. The number of aryl methyl sites for hydroxylation is 3. The molecule has 0 aliphatic carbocycles. The number of piperidine rings is 1. The first-order valence-corrected chi connectivity index (χ1v) is 9.14. The Morgan fingerprint density at radius 2 is 1.96 bits per heavy atom. The minimum atomic E-state index is -0.133. The van der Waals surface area contributed by atoms with Gasteiger partial charge in [-0.1, -0.05) is 17.3 Å². The summed E-state index contributed by atoms with van der Waals surface area (Å²) in [4.78, 5) is 26.5. The van der Waals surface area contributed by atoms with Gasteiger partial charge < -0.3 is 19.5 Å². The van der Waals surface area contributed by atoms with Crippen LogP contribution in [0.2, 0.25) is 0 Å². The quantitative estimate of drug-likeness (QED) is 0.874. The minimum absolute atomic E-state index is 0.0133. The second-order valence-electron chi connectivity index (χ2n) is 7.02. The summed E-state index contributed by atoms with van der Waals surface area (Å²) < 4.78 is 10.6. The summed E-state index contributed by atoms with van der Waals surface area (Å²) >= 11 is 0. The summed E-state index contributed by atoms with van der Waals surface area (Å²) in [6.07, 6.45) is 1.25. The third kappa shape index (κ3) is 4.87. The van der Waals surface area contributed by atoms with Crippen molar-refractivity contribution in [2.24, 2.45) is 5.92 Å². The molecule has 2 heterocycles. The van der Waals surface area contributed by atoms with Crippen LogP contribution in [0.3, 0.4) is 0 Å². The lowest BCUT2D eigenvalue weighted by molar-refractivity contribution is -0.136. The number of anilines is 1. The van der Waals surface area contributed by atoms with Crippen LogP contribution in [0.4, 0.5) is 5.82 Å². The van der Waals surface area contributed by atoms with Gasteiger partial charge in [-0.25, -0.2) is 0 Å². The zero-order valence-electron chi connectivity index (χ0n) is 15.9. The molecule has 0 atom stereocenters. The van der Waals surface area contributed by atoms with Crippen molar-refractivity contribution in [3.05, 3.63) is 41.2 Å². The molecule has 27 heavy (non-hydrogen) atoms. The fraction of sp³-hybridized carbons (Fsp3) is 0.450. The molecule has 1 saturated heterocycles. The Hall–Kier alpha value is -2.83. The monoisotopic (exact) mass is 371 g/mol. The summed E-state index contributed by atoms with van der Waals surface area (Å²) in [5, 5.41) is 6.53. The number of ether oxygens (including phenoxy) is 1. The van der Waals surface area contributed by atoms with Crippen molar-refractivity contribution in [1.29, 1.82) is 0 Å². The van der Waals surface area contributed by atoms with Gasteiger partial charge in [-0.3, -0.25) is 9.59 Å². The SMILES string of the molecule is Cc1ccc(C)c(OCC(=O)N2CCC(C(=O)Nc3cc(C)on3)CC2)c1. The van der Waals surface area contributed by atoms with E-state index in [1.165, 1.54) is 0 Å². The maximum atomic E-state index is 12.4. The third-order valence-electron chi connectivity index (χ3n) is 4.79. The molecule has 2 aromatic rings. The molecule has 1 aromatic heterocycles. The molecule has 0 bridgehead atoms. The molecule has 7 heteroatoms. The van der Waals surface area contributed by atoms with Crippen LogP contribution in [0.5, 0.6) is 5.75 Å². The van der Waals surface area contributed by atoms with Gasteiger partial charge in [0.05, 0.1) is 0 Å². The zero-order valence-corrected chi connectivity index (χ0v) is 15.9. The van der Waals surface area contributed by atoms with Crippen molar-refractivity contribution in [3.8, 4) is 5.75 Å². The zero-order chi connectivity index (χ0) is 19.4. The Morgan fingerprint density at radius 3 is 2.63 bits per heavy atom. The van der Waals surface area contributed by atoms with Crippen LogP contribution < -0.4 is 10.1 Å². The second-order valence-corrected chi connectivity index (χ2v) is 7.02. The molecule has 0 saturated carbocycles. The van der Waals surface area contributed by atoms with Gasteiger partial charge in [0, 0.05) is 25.1 Å². The molecule has 1 aliphatic heterocycles. The smallest absolute Gasteiger partial charge is 0.260 e. The molecule has 0 unspecified atom stereocenters. The predicted octanol–water partition coefficient (Wildman–Crippen LogP) is 2.86. The number of carbonyl (C=O) groups excluding carboxylic acids is 2. The lowest BCUT2D eigenvalue weighted by atomic mass is 9.96. The second kappa shape index (κ2) is 8.24. The minimum Gasteiger partial charge on any atom is -0.483 e. The maximum absolute atomic E-state index is 12.4. The van der Waals surface area contributed by atoms with Gasteiger partial charge in [0.15, 0.2) is 12.4 Å². The highest BCUT2D eigenvalue weighted by Gasteiger charge is 2.28. The molecular weight excluding hydrogens is 346 g/mol. The van der Waals surface area contributed by atoms with Crippen LogP contribution in [0, 0.1) is 26.7 Å². The van der Waals surface area contributed by atoms with Crippen LogP contribution in [-0.4, -0.2) is 41.6 Å². The fourth-order valence-corrected chi connectivity index (χ4v) is 3.14. The van der Waals surface area contributed by atoms with Gasteiger partial charge in [0.25, 0.3) is 5.91 Å². The summed E-state index contributed by atoms with van der Waals surface area (Å²) in [5.74, 6) is 1.54. The van der Waals surface area contributed by atoms with Crippen molar-refractivity contribution >= 4 is 17.6 Å². The van der Waals surface area contributed by atoms with E-state index in [4.69, 9.17) is 9.26 Å². The molecule has 1 aliphatic rings. The van der Waals surface area contributed by atoms with E-state index in [-0.39, 0.29) is 24.3 Å². The molecule has 7 nitrogen and oxygen atoms in total. The number of aromatic nitrogens is 1. The van der Waals surface area contributed by atoms with Gasteiger partial charge in [-0.2, -0.15) is 0 Å². The number of carbonyl (C=O) groups is 2. The lowest BCUT2D eigenvalue weighted by Crippen LogP contribution is -2.43. The molecule has 1 fully saturated rings. The first kappa shape index (κ1) is 18.9. The normalized spacial score (nSPS) is 14.9. The van der Waals surface area contributed by atoms with Crippen molar-refractivity contribution in [2.45, 2.75) is 33.6 Å². The molecule has 1 aromatic carbocycles. The summed E-state index contributed by atoms with van der Waals surface area (Å²) in [6.45, 7) is 6.83. The highest BCUT2D eigenvalue weighted by Crippen LogP contribution is 2.21. The number of hydrogen-bond donors (Lipinski definition) is 1. The van der Waals surface area contributed by atoms with E-state index in [9.17, 15) is 9.59 Å². The van der Waals surface area contributed by atoms with Gasteiger partial charge in [-0.05, 0) is 50.8 Å². The van der Waals surface area contributed by atoms with Gasteiger partial charge in [0.1, 0.15) is 11.5 Å². The first-order valence-electron chi connectivity index (χ1n) is 9.14. The van der Waals surface area contributed by atoms with Gasteiger partial charge in [-0.15, -0.1) is 0 Å². The van der Waals surface area contributed by atoms with Crippen LogP contribution in [-0.2, 0) is 9.59 Å². The third-order valence-corrected chi connectivity index (χ3v) is 4.79. The number of hydrogen-bond acceptors (Lipinski definition) is 5. The van der Waals surface area contributed by atoms with Gasteiger partial charge in [0.2, 0.25) is 5.91 Å². The number of benzene rings is 1. The Morgan fingerprint density at radius 1 is 1.22 bits per heavy atom. The molecular formula is C20H25N3O4. The average molecular weight is 371 g/mol. The van der Waals surface area contributed by atoms with E-state index in [2.05, 4.69) is 10.5 Å². The predicted molar refractivity (Wildman–Crippen MR) is 101 cm³/mol. The number of rotatable bonds is 5. The molecule has 144 valence electrons. The number of amides is 2. The fourth-order valence-electron chi connectivity index (χ4n) is 3.14. The Balaban J connectivity index is 1.46. The van der Waals surface area contributed by atoms with E-state index in [1.54, 1.807) is 17.9 Å². The van der Waals surface area contributed by atoms with E-state index in [1.807, 2.05) is 32.0 Å². The molecule has 3 rings (SSSR count). The van der Waals surface area contributed by atoms with Crippen molar-refractivity contribution in [2.75, 3.05) is 25.0 Å². The Kier molecular flexibility index (Phi) is 5.78. The molecule has 0 spiro atoms. The molecule has 1 N–H and O–H groups in total. The van der Waals surface area contributed by atoms with E-state index in [0.717, 1.165) is 16.9 Å². The molecule has 2 amide bonds. The van der Waals surface area contributed by atoms with E-state index in [0.29, 0.717) is 37.5 Å². The first-order chi connectivity index (χ1) is 12.9. The lowest BCUT2D eigenvalue weighted by Gasteiger charge is -2.31.